The standard InChI is InChI=1S/C29H25Cl2N5O3/c1-3-39-23-14-12-22(13-15-23)34-28(37)24-16-32-36-26(18-4-6-19(30)7-5-18)25(17(2)33-27(24)36)29(38)35-21-10-8-20(31)9-11-21/h4-16,26,33H,3H2,1-2H3,(H,34,37)(H,35,38). The average Bonchev–Trinajstić information content (AvgIpc) is 3.34. The molecule has 1 unspecified atom stereocenters. The van der Waals surface area contributed by atoms with Crippen molar-refractivity contribution in [3.63, 3.8) is 0 Å². The van der Waals surface area contributed by atoms with Crippen molar-refractivity contribution in [2.75, 3.05) is 22.6 Å². The van der Waals surface area contributed by atoms with Gasteiger partial charge in [-0.1, -0.05) is 35.3 Å². The monoisotopic (exact) mass is 561 g/mol. The predicted molar refractivity (Wildman–Crippen MR) is 154 cm³/mol. The highest BCUT2D eigenvalue weighted by atomic mass is 35.5. The molecule has 1 aliphatic heterocycles. The van der Waals surface area contributed by atoms with Gasteiger partial charge in [-0.15, -0.1) is 0 Å². The summed E-state index contributed by atoms with van der Waals surface area (Å²) in [5.74, 6) is 0.531. The second kappa shape index (κ2) is 11.2. The van der Waals surface area contributed by atoms with Gasteiger partial charge in [-0.05, 0) is 80.1 Å². The number of nitrogens with one attached hydrogen (secondary N) is 3. The van der Waals surface area contributed by atoms with Gasteiger partial charge in [0.05, 0.1) is 18.4 Å². The Bertz CT molecular complexity index is 1550. The zero-order valence-electron chi connectivity index (χ0n) is 21.2. The number of carbonyl (C=O) groups excluding carboxylic acids is 2. The number of halogens is 2. The first-order valence-corrected chi connectivity index (χ1v) is 13.0. The molecule has 0 radical (unpaired) electrons. The van der Waals surface area contributed by atoms with Crippen LogP contribution in [0.5, 0.6) is 5.75 Å². The lowest BCUT2D eigenvalue weighted by molar-refractivity contribution is -0.113. The highest BCUT2D eigenvalue weighted by Gasteiger charge is 2.35. The maximum atomic E-state index is 13.6. The molecule has 0 bridgehead atoms. The highest BCUT2D eigenvalue weighted by molar-refractivity contribution is 6.31. The van der Waals surface area contributed by atoms with Gasteiger partial charge in [0, 0.05) is 27.1 Å². The lowest BCUT2D eigenvalue weighted by Gasteiger charge is -2.30. The van der Waals surface area contributed by atoms with Crippen molar-refractivity contribution in [1.82, 2.24) is 9.78 Å². The molecule has 39 heavy (non-hydrogen) atoms. The summed E-state index contributed by atoms with van der Waals surface area (Å²) < 4.78 is 7.11. The third-order valence-corrected chi connectivity index (χ3v) is 6.73. The van der Waals surface area contributed by atoms with E-state index in [1.54, 1.807) is 72.3 Å². The third kappa shape index (κ3) is 5.62. The van der Waals surface area contributed by atoms with Crippen molar-refractivity contribution >= 4 is 52.2 Å². The van der Waals surface area contributed by atoms with E-state index in [4.69, 9.17) is 27.9 Å². The molecule has 0 spiro atoms. The molecule has 3 aromatic carbocycles. The van der Waals surface area contributed by atoms with E-state index < -0.39 is 6.04 Å². The summed E-state index contributed by atoms with van der Waals surface area (Å²) in [5, 5.41) is 14.7. The van der Waals surface area contributed by atoms with Gasteiger partial charge in [0.25, 0.3) is 11.8 Å². The quantitative estimate of drug-likeness (QED) is 0.231. The minimum atomic E-state index is -0.613. The van der Waals surface area contributed by atoms with Gasteiger partial charge in [0.15, 0.2) is 0 Å². The van der Waals surface area contributed by atoms with E-state index in [9.17, 15) is 9.59 Å². The Labute approximate surface area is 235 Å². The summed E-state index contributed by atoms with van der Waals surface area (Å²) in [6, 6.07) is 20.6. The number of ether oxygens (including phenoxy) is 1. The van der Waals surface area contributed by atoms with E-state index in [2.05, 4.69) is 21.0 Å². The van der Waals surface area contributed by atoms with Crippen LogP contribution in [-0.4, -0.2) is 28.2 Å². The summed E-state index contributed by atoms with van der Waals surface area (Å²) in [5.41, 5.74) is 3.36. The van der Waals surface area contributed by atoms with Gasteiger partial charge in [-0.3, -0.25) is 9.59 Å². The van der Waals surface area contributed by atoms with Crippen molar-refractivity contribution in [3.8, 4) is 5.75 Å². The molecule has 4 aromatic rings. The number of rotatable bonds is 7. The van der Waals surface area contributed by atoms with Crippen molar-refractivity contribution in [3.05, 3.63) is 111 Å². The molecule has 10 heteroatoms. The van der Waals surface area contributed by atoms with Crippen LogP contribution < -0.4 is 20.7 Å². The van der Waals surface area contributed by atoms with Crippen LogP contribution in [0.1, 0.15) is 35.8 Å². The maximum Gasteiger partial charge on any atom is 0.261 e. The Hall–Kier alpha value is -4.27. The fourth-order valence-electron chi connectivity index (χ4n) is 4.40. The third-order valence-electron chi connectivity index (χ3n) is 6.22. The minimum absolute atomic E-state index is 0.316. The van der Waals surface area contributed by atoms with Gasteiger partial charge >= 0.3 is 0 Å². The number of anilines is 3. The zero-order valence-corrected chi connectivity index (χ0v) is 22.7. The smallest absolute Gasteiger partial charge is 0.261 e. The first-order chi connectivity index (χ1) is 18.8. The van der Waals surface area contributed by atoms with E-state index in [0.29, 0.717) is 50.7 Å². The topological polar surface area (TPSA) is 97.3 Å². The second-order valence-electron chi connectivity index (χ2n) is 8.84. The number of fused-ring (bicyclic) bond motifs is 1. The number of benzene rings is 3. The van der Waals surface area contributed by atoms with Crippen molar-refractivity contribution in [2.24, 2.45) is 0 Å². The fourth-order valence-corrected chi connectivity index (χ4v) is 4.65. The summed E-state index contributed by atoms with van der Waals surface area (Å²) in [6.45, 7) is 4.26. The number of carbonyl (C=O) groups is 2. The van der Waals surface area contributed by atoms with Crippen LogP contribution in [-0.2, 0) is 4.79 Å². The van der Waals surface area contributed by atoms with Crippen LogP contribution in [0.2, 0.25) is 10.0 Å². The molecule has 1 atom stereocenters. The van der Waals surface area contributed by atoms with E-state index in [1.165, 1.54) is 6.20 Å². The van der Waals surface area contributed by atoms with E-state index in [1.807, 2.05) is 19.1 Å². The number of aromatic nitrogens is 2. The Morgan fingerprint density at radius 1 is 0.897 bits per heavy atom. The highest BCUT2D eigenvalue weighted by Crippen LogP contribution is 2.38. The van der Waals surface area contributed by atoms with E-state index in [-0.39, 0.29) is 11.8 Å². The summed E-state index contributed by atoms with van der Waals surface area (Å²) in [6.07, 6.45) is 1.49. The molecule has 1 aliphatic rings. The molecule has 1 aromatic heterocycles. The zero-order chi connectivity index (χ0) is 27.5. The van der Waals surface area contributed by atoms with Crippen LogP contribution in [0, 0.1) is 0 Å². The SMILES string of the molecule is CCOc1ccc(NC(=O)c2cnn3c2NC(C)=C(C(=O)Nc2ccc(Cl)cc2)C3c2ccc(Cl)cc2)cc1. The molecule has 0 saturated heterocycles. The number of amides is 2. The Balaban J connectivity index is 1.48. The number of hydrogen-bond donors (Lipinski definition) is 3. The Kier molecular flexibility index (Phi) is 7.58. The van der Waals surface area contributed by atoms with Gasteiger partial charge in [-0.2, -0.15) is 5.10 Å². The molecular formula is C29H25Cl2N5O3. The van der Waals surface area contributed by atoms with Crippen molar-refractivity contribution in [1.29, 1.82) is 0 Å². The lowest BCUT2D eigenvalue weighted by atomic mass is 9.94. The van der Waals surface area contributed by atoms with Crippen LogP contribution >= 0.6 is 23.2 Å². The summed E-state index contributed by atoms with van der Waals surface area (Å²) >= 11 is 12.1. The van der Waals surface area contributed by atoms with Crippen molar-refractivity contribution in [2.45, 2.75) is 19.9 Å². The fraction of sp³-hybridized carbons (Fsp3) is 0.138. The van der Waals surface area contributed by atoms with Gasteiger partial charge in [0.2, 0.25) is 0 Å². The van der Waals surface area contributed by atoms with E-state index >= 15 is 0 Å². The minimum Gasteiger partial charge on any atom is -0.494 e. The molecule has 2 heterocycles. The van der Waals surface area contributed by atoms with Crippen LogP contribution in [0.3, 0.4) is 0 Å². The predicted octanol–water partition coefficient (Wildman–Crippen LogP) is 6.77. The lowest BCUT2D eigenvalue weighted by Crippen LogP contribution is -2.32. The molecule has 5 rings (SSSR count). The van der Waals surface area contributed by atoms with Gasteiger partial charge in [-0.25, -0.2) is 4.68 Å². The van der Waals surface area contributed by atoms with Crippen LogP contribution in [0.15, 0.2) is 90.3 Å². The normalized spacial score (nSPS) is 14.3. The average molecular weight is 562 g/mol. The molecule has 3 N–H and O–H groups in total. The molecule has 2 amide bonds. The second-order valence-corrected chi connectivity index (χ2v) is 9.71. The molecular weight excluding hydrogens is 537 g/mol. The maximum absolute atomic E-state index is 13.6. The Morgan fingerprint density at radius 2 is 1.46 bits per heavy atom. The van der Waals surface area contributed by atoms with Gasteiger partial charge < -0.3 is 20.7 Å². The first kappa shape index (κ1) is 26.3. The number of allylic oxidation sites excluding steroid dienone is 1. The molecule has 8 nitrogen and oxygen atoms in total. The van der Waals surface area contributed by atoms with Crippen LogP contribution in [0.25, 0.3) is 0 Å². The first-order valence-electron chi connectivity index (χ1n) is 12.3. The largest absolute Gasteiger partial charge is 0.494 e. The molecule has 0 aliphatic carbocycles. The number of hydrogen-bond acceptors (Lipinski definition) is 5. The molecule has 0 saturated carbocycles. The van der Waals surface area contributed by atoms with Crippen LogP contribution in [0.4, 0.5) is 17.2 Å². The summed E-state index contributed by atoms with van der Waals surface area (Å²) in [7, 11) is 0. The summed E-state index contributed by atoms with van der Waals surface area (Å²) in [4.78, 5) is 26.9. The number of nitrogens with zero attached hydrogens (tertiary/aromatic N) is 2. The molecule has 198 valence electrons. The van der Waals surface area contributed by atoms with Crippen molar-refractivity contribution < 1.29 is 14.3 Å². The Morgan fingerprint density at radius 3 is 2.08 bits per heavy atom. The van der Waals surface area contributed by atoms with Gasteiger partial charge in [0.1, 0.15) is 23.2 Å². The van der Waals surface area contributed by atoms with E-state index in [0.717, 1.165) is 11.3 Å². The molecule has 0 fully saturated rings.